The van der Waals surface area contributed by atoms with Gasteiger partial charge in [-0.05, 0) is 30.9 Å². The molecule has 2 aromatic rings. The number of hydrogen-bond donors (Lipinski definition) is 1. The maximum atomic E-state index is 13.1. The Balaban J connectivity index is 1.35. The summed E-state index contributed by atoms with van der Waals surface area (Å²) in [6, 6.07) is 4.04. The molecule has 1 N–H and O–H groups in total. The zero-order chi connectivity index (χ0) is 20.6. The van der Waals surface area contributed by atoms with Crippen molar-refractivity contribution in [2.45, 2.75) is 25.8 Å². The molecule has 3 saturated heterocycles. The topological polar surface area (TPSA) is 91.3 Å². The first-order valence-electron chi connectivity index (χ1n) is 10.6. The van der Waals surface area contributed by atoms with E-state index in [2.05, 4.69) is 31.2 Å². The first kappa shape index (κ1) is 19.1. The van der Waals surface area contributed by atoms with Crippen molar-refractivity contribution < 1.29 is 9.59 Å². The summed E-state index contributed by atoms with van der Waals surface area (Å²) in [7, 11) is 0. The lowest BCUT2D eigenvalue weighted by Gasteiger charge is -2.46. The minimum absolute atomic E-state index is 0.0758. The molecule has 8 nitrogen and oxygen atoms in total. The Bertz CT molecular complexity index is 929. The van der Waals surface area contributed by atoms with Crippen molar-refractivity contribution in [3.8, 4) is 0 Å². The molecule has 156 valence electrons. The van der Waals surface area contributed by atoms with Gasteiger partial charge in [0.25, 0.3) is 5.91 Å². The van der Waals surface area contributed by atoms with Crippen LogP contribution in [0.4, 0.5) is 0 Å². The summed E-state index contributed by atoms with van der Waals surface area (Å²) in [6.07, 6.45) is 10.8. The molecule has 0 aromatic carbocycles. The first-order chi connectivity index (χ1) is 14.6. The standard InChI is InChI=1S/C22H26N6O2/c29-19(18-13-24-8-9-25-18)28-10-4-21(5-11-28)15-27(14-17-2-1-6-23-12-17)16-22(21)3-7-26-20(22)30/h1-2,6,8-9,12-13H,3-5,7,10-11,14-16H2,(H,26,30)/t22-/m0/s1. The molecule has 2 spiro atoms. The third-order valence-corrected chi connectivity index (χ3v) is 7.23. The molecule has 0 unspecified atom stereocenters. The number of nitrogens with one attached hydrogen (secondary N) is 1. The van der Waals surface area contributed by atoms with Crippen molar-refractivity contribution >= 4 is 11.8 Å². The molecule has 2 amide bonds. The van der Waals surface area contributed by atoms with Crippen LogP contribution in [0.5, 0.6) is 0 Å². The van der Waals surface area contributed by atoms with E-state index >= 15 is 0 Å². The lowest BCUT2D eigenvalue weighted by Crippen LogP contribution is -2.53. The molecule has 3 fully saturated rings. The van der Waals surface area contributed by atoms with Gasteiger partial charge in [-0.2, -0.15) is 0 Å². The summed E-state index contributed by atoms with van der Waals surface area (Å²) in [6.45, 7) is 4.47. The van der Waals surface area contributed by atoms with Crippen LogP contribution in [0.15, 0.2) is 43.1 Å². The lowest BCUT2D eigenvalue weighted by atomic mass is 9.60. The normalized spacial score (nSPS) is 25.7. The van der Waals surface area contributed by atoms with Crippen LogP contribution in [0.1, 0.15) is 35.3 Å². The number of carbonyl (C=O) groups excluding carboxylic acids is 2. The van der Waals surface area contributed by atoms with Crippen LogP contribution in [-0.4, -0.2) is 69.3 Å². The molecular weight excluding hydrogens is 380 g/mol. The molecule has 1 atom stereocenters. The maximum Gasteiger partial charge on any atom is 0.274 e. The fraction of sp³-hybridized carbons (Fsp3) is 0.500. The van der Waals surface area contributed by atoms with E-state index in [1.165, 1.54) is 11.8 Å². The van der Waals surface area contributed by atoms with Crippen molar-refractivity contribution in [1.82, 2.24) is 30.1 Å². The largest absolute Gasteiger partial charge is 0.356 e. The molecule has 0 radical (unpaired) electrons. The molecule has 2 aromatic heterocycles. The Labute approximate surface area is 175 Å². The van der Waals surface area contributed by atoms with E-state index in [0.717, 1.165) is 45.4 Å². The van der Waals surface area contributed by atoms with E-state index in [1.54, 1.807) is 18.6 Å². The second kappa shape index (κ2) is 7.43. The molecule has 8 heteroatoms. The Morgan fingerprint density at radius 1 is 1.07 bits per heavy atom. The summed E-state index contributed by atoms with van der Waals surface area (Å²) in [5.74, 6) is 0.109. The number of fused-ring (bicyclic) bond motifs is 1. The molecule has 5 rings (SSSR count). The Hall–Kier alpha value is -2.87. The van der Waals surface area contributed by atoms with Gasteiger partial charge in [-0.15, -0.1) is 0 Å². The van der Waals surface area contributed by atoms with Gasteiger partial charge in [0.05, 0.1) is 11.6 Å². The van der Waals surface area contributed by atoms with Crippen molar-refractivity contribution in [2.75, 3.05) is 32.7 Å². The SMILES string of the molecule is O=C(c1cnccn1)N1CCC2(CC1)CN(Cc1cccnc1)C[C@]21CCNC1=O. The smallest absolute Gasteiger partial charge is 0.274 e. The molecule has 0 aliphatic carbocycles. The molecule has 0 bridgehead atoms. The van der Waals surface area contributed by atoms with Gasteiger partial charge in [-0.25, -0.2) is 4.98 Å². The molecule has 30 heavy (non-hydrogen) atoms. The minimum Gasteiger partial charge on any atom is -0.356 e. The number of carbonyl (C=O) groups is 2. The predicted molar refractivity (Wildman–Crippen MR) is 109 cm³/mol. The van der Waals surface area contributed by atoms with Gasteiger partial charge < -0.3 is 10.2 Å². The second-order valence-corrected chi connectivity index (χ2v) is 8.76. The number of hydrogen-bond acceptors (Lipinski definition) is 6. The van der Waals surface area contributed by atoms with Gasteiger partial charge in [0.1, 0.15) is 5.69 Å². The highest BCUT2D eigenvalue weighted by Gasteiger charge is 2.63. The number of amides is 2. The third kappa shape index (κ3) is 3.06. The summed E-state index contributed by atoms with van der Waals surface area (Å²) < 4.78 is 0. The molecular formula is C22H26N6O2. The monoisotopic (exact) mass is 406 g/mol. The summed E-state index contributed by atoms with van der Waals surface area (Å²) in [5.41, 5.74) is 1.08. The van der Waals surface area contributed by atoms with Crippen LogP contribution in [0.25, 0.3) is 0 Å². The van der Waals surface area contributed by atoms with Crippen LogP contribution in [0.3, 0.4) is 0 Å². The highest BCUT2D eigenvalue weighted by Crippen LogP contribution is 2.56. The highest BCUT2D eigenvalue weighted by molar-refractivity contribution is 5.92. The Morgan fingerprint density at radius 3 is 2.57 bits per heavy atom. The number of nitrogens with zero attached hydrogens (tertiary/aromatic N) is 5. The number of piperidine rings is 1. The van der Waals surface area contributed by atoms with Crippen LogP contribution in [0, 0.1) is 10.8 Å². The van der Waals surface area contributed by atoms with Crippen molar-refractivity contribution in [1.29, 1.82) is 0 Å². The fourth-order valence-corrected chi connectivity index (χ4v) is 5.72. The van der Waals surface area contributed by atoms with E-state index in [1.807, 2.05) is 17.2 Å². The van der Waals surface area contributed by atoms with Crippen molar-refractivity contribution in [3.63, 3.8) is 0 Å². The molecule has 5 heterocycles. The number of likely N-dealkylation sites (tertiary alicyclic amines) is 2. The van der Waals surface area contributed by atoms with Crippen molar-refractivity contribution in [2.24, 2.45) is 10.8 Å². The quantitative estimate of drug-likeness (QED) is 0.821. The third-order valence-electron chi connectivity index (χ3n) is 7.23. The molecule has 0 saturated carbocycles. The van der Waals surface area contributed by atoms with Crippen LogP contribution in [-0.2, 0) is 11.3 Å². The summed E-state index contributed by atoms with van der Waals surface area (Å²) in [4.78, 5) is 42.5. The first-order valence-corrected chi connectivity index (χ1v) is 10.6. The van der Waals surface area contributed by atoms with Gasteiger partial charge in [0.2, 0.25) is 5.91 Å². The molecule has 3 aliphatic rings. The van der Waals surface area contributed by atoms with E-state index < -0.39 is 0 Å². The van der Waals surface area contributed by atoms with Crippen LogP contribution < -0.4 is 5.32 Å². The van der Waals surface area contributed by atoms with E-state index in [9.17, 15) is 9.59 Å². The van der Waals surface area contributed by atoms with Crippen LogP contribution in [0.2, 0.25) is 0 Å². The summed E-state index contributed by atoms with van der Waals surface area (Å²) >= 11 is 0. The Kier molecular flexibility index (Phi) is 4.73. The maximum absolute atomic E-state index is 13.1. The zero-order valence-corrected chi connectivity index (χ0v) is 17.0. The minimum atomic E-state index is -0.364. The van der Waals surface area contributed by atoms with Crippen molar-refractivity contribution in [3.05, 3.63) is 54.4 Å². The second-order valence-electron chi connectivity index (χ2n) is 8.76. The fourth-order valence-electron chi connectivity index (χ4n) is 5.72. The average molecular weight is 406 g/mol. The predicted octanol–water partition coefficient (Wildman–Crippen LogP) is 1.12. The number of aromatic nitrogens is 3. The molecule has 3 aliphatic heterocycles. The van der Waals surface area contributed by atoms with Gasteiger partial charge >= 0.3 is 0 Å². The summed E-state index contributed by atoms with van der Waals surface area (Å²) in [5, 5.41) is 3.09. The van der Waals surface area contributed by atoms with E-state index in [-0.39, 0.29) is 22.6 Å². The average Bonchev–Trinajstić information content (AvgIpc) is 3.30. The highest BCUT2D eigenvalue weighted by atomic mass is 16.2. The Morgan fingerprint density at radius 2 is 1.90 bits per heavy atom. The number of pyridine rings is 1. The van der Waals surface area contributed by atoms with Gasteiger partial charge in [-0.1, -0.05) is 6.07 Å². The lowest BCUT2D eigenvalue weighted by molar-refractivity contribution is -0.133. The van der Waals surface area contributed by atoms with Crippen LogP contribution >= 0.6 is 0 Å². The van der Waals surface area contributed by atoms with Gasteiger partial charge in [0.15, 0.2) is 0 Å². The van der Waals surface area contributed by atoms with E-state index in [0.29, 0.717) is 18.8 Å². The zero-order valence-electron chi connectivity index (χ0n) is 17.0. The van der Waals surface area contributed by atoms with Gasteiger partial charge in [0, 0.05) is 69.5 Å². The van der Waals surface area contributed by atoms with E-state index in [4.69, 9.17) is 0 Å². The van der Waals surface area contributed by atoms with Gasteiger partial charge in [-0.3, -0.25) is 24.5 Å². The number of rotatable bonds is 3.